The van der Waals surface area contributed by atoms with E-state index in [1.165, 1.54) is 0 Å². The Kier molecular flexibility index (Phi) is 11.8. The molecule has 3 rings (SSSR count). The van der Waals surface area contributed by atoms with Crippen LogP contribution in [0.15, 0.2) is 60.8 Å². The van der Waals surface area contributed by atoms with Crippen molar-refractivity contribution >= 4 is 36.6 Å². The molecule has 184 valence electrons. The van der Waals surface area contributed by atoms with Gasteiger partial charge in [0.05, 0.1) is 12.2 Å². The minimum Gasteiger partial charge on any atom is -0.490 e. The van der Waals surface area contributed by atoms with Crippen LogP contribution in [0.4, 0.5) is 5.82 Å². The van der Waals surface area contributed by atoms with Gasteiger partial charge in [-0.25, -0.2) is 9.78 Å². The zero-order chi connectivity index (χ0) is 23.1. The smallest absolute Gasteiger partial charge is 0.339 e. The Morgan fingerprint density at radius 1 is 1.06 bits per heavy atom. The first-order valence-electron chi connectivity index (χ1n) is 10.6. The van der Waals surface area contributed by atoms with E-state index in [0.29, 0.717) is 18.1 Å². The van der Waals surface area contributed by atoms with Crippen molar-refractivity contribution in [3.63, 3.8) is 0 Å². The Balaban J connectivity index is 0.00000289. The van der Waals surface area contributed by atoms with Crippen molar-refractivity contribution in [1.82, 2.24) is 10.3 Å². The highest BCUT2D eigenvalue weighted by Crippen LogP contribution is 2.28. The first kappa shape index (κ1) is 29.2. The van der Waals surface area contributed by atoms with E-state index in [1.54, 1.807) is 36.5 Å². The van der Waals surface area contributed by atoms with Gasteiger partial charge in [-0.3, -0.25) is 0 Å². The minimum absolute atomic E-state index is 0. The van der Waals surface area contributed by atoms with Crippen LogP contribution < -0.4 is 15.8 Å². The molecular weight excluding hydrogens is 477 g/mol. The predicted molar refractivity (Wildman–Crippen MR) is 139 cm³/mol. The molecule has 0 unspecified atom stereocenters. The molecule has 0 fully saturated rings. The van der Waals surface area contributed by atoms with Gasteiger partial charge in [0.15, 0.2) is 0 Å². The zero-order valence-corrected chi connectivity index (χ0v) is 20.7. The second kappa shape index (κ2) is 13.8. The second-order valence-electron chi connectivity index (χ2n) is 7.87. The van der Waals surface area contributed by atoms with Crippen molar-refractivity contribution in [2.24, 2.45) is 0 Å². The molecule has 3 aromatic rings. The lowest BCUT2D eigenvalue weighted by molar-refractivity contribution is 0.0690. The standard InChI is InChI=1S/C25H29N3O4.2ClH/c1-16(2)32-23-13-19(7-9-21(23)25(30)31)18-5-3-17(4-6-18)11-12-27-15-22(29)20-8-10-24(26)28-14-20;;/h3-10,13-14,16,22,27,29H,11-12,15H2,1-2H3,(H2,26,28)(H,30,31);2*1H/t22-;;/m0../s1. The van der Waals surface area contributed by atoms with E-state index in [1.807, 2.05) is 38.1 Å². The number of aromatic carboxylic acids is 1. The molecule has 0 saturated carbocycles. The number of hydrogen-bond acceptors (Lipinski definition) is 6. The number of carboxylic acid groups (broad SMARTS) is 1. The number of nitrogens with zero attached hydrogens (tertiary/aromatic N) is 1. The van der Waals surface area contributed by atoms with Crippen LogP contribution in [-0.4, -0.2) is 40.4 Å². The lowest BCUT2D eigenvalue weighted by Crippen LogP contribution is -2.23. The average Bonchev–Trinajstić information content (AvgIpc) is 2.77. The summed E-state index contributed by atoms with van der Waals surface area (Å²) in [5, 5.41) is 22.8. The number of anilines is 1. The van der Waals surface area contributed by atoms with E-state index < -0.39 is 12.1 Å². The van der Waals surface area contributed by atoms with Crippen LogP contribution in [0.3, 0.4) is 0 Å². The van der Waals surface area contributed by atoms with Crippen molar-refractivity contribution in [2.45, 2.75) is 32.5 Å². The fourth-order valence-corrected chi connectivity index (χ4v) is 3.30. The number of aliphatic hydroxyl groups excluding tert-OH is 1. The molecule has 34 heavy (non-hydrogen) atoms. The number of nitrogen functional groups attached to an aromatic ring is 1. The monoisotopic (exact) mass is 507 g/mol. The van der Waals surface area contributed by atoms with Gasteiger partial charge in [-0.2, -0.15) is 0 Å². The molecule has 9 heteroatoms. The molecule has 1 heterocycles. The third-order valence-electron chi connectivity index (χ3n) is 4.98. The van der Waals surface area contributed by atoms with Crippen molar-refractivity contribution in [3.8, 4) is 16.9 Å². The molecule has 0 aliphatic carbocycles. The topological polar surface area (TPSA) is 118 Å². The van der Waals surface area contributed by atoms with Crippen LogP contribution in [0, 0.1) is 0 Å². The lowest BCUT2D eigenvalue weighted by Gasteiger charge is -2.14. The third-order valence-corrected chi connectivity index (χ3v) is 4.98. The Morgan fingerprint density at radius 2 is 1.74 bits per heavy atom. The number of aromatic nitrogens is 1. The number of ether oxygens (including phenoxy) is 1. The highest BCUT2D eigenvalue weighted by atomic mass is 35.5. The number of nitrogens with two attached hydrogens (primary N) is 1. The Hall–Kier alpha value is -2.84. The van der Waals surface area contributed by atoms with Gasteiger partial charge in [0.2, 0.25) is 0 Å². The fraction of sp³-hybridized carbons (Fsp3) is 0.280. The number of benzene rings is 2. The zero-order valence-electron chi connectivity index (χ0n) is 19.1. The molecule has 0 aliphatic heterocycles. The van der Waals surface area contributed by atoms with Crippen molar-refractivity contribution in [2.75, 3.05) is 18.8 Å². The summed E-state index contributed by atoms with van der Waals surface area (Å²) in [6.07, 6.45) is 1.64. The van der Waals surface area contributed by atoms with Crippen LogP contribution in [0.5, 0.6) is 5.75 Å². The highest BCUT2D eigenvalue weighted by molar-refractivity contribution is 5.92. The number of aliphatic hydroxyl groups is 1. The second-order valence-corrected chi connectivity index (χ2v) is 7.87. The van der Waals surface area contributed by atoms with Crippen LogP contribution >= 0.6 is 24.8 Å². The number of carbonyl (C=O) groups is 1. The maximum Gasteiger partial charge on any atom is 0.339 e. The van der Waals surface area contributed by atoms with Crippen molar-refractivity contribution in [3.05, 3.63) is 77.5 Å². The van der Waals surface area contributed by atoms with E-state index in [-0.39, 0.29) is 36.5 Å². The van der Waals surface area contributed by atoms with Gasteiger partial charge in [0.1, 0.15) is 17.1 Å². The minimum atomic E-state index is -1.01. The first-order valence-corrected chi connectivity index (χ1v) is 10.6. The maximum atomic E-state index is 11.4. The molecule has 7 nitrogen and oxygen atoms in total. The molecule has 0 saturated heterocycles. The quantitative estimate of drug-likeness (QED) is 0.297. The largest absolute Gasteiger partial charge is 0.490 e. The highest BCUT2D eigenvalue weighted by Gasteiger charge is 2.14. The van der Waals surface area contributed by atoms with Gasteiger partial charge in [-0.05, 0) is 61.7 Å². The number of halogens is 2. The summed E-state index contributed by atoms with van der Waals surface area (Å²) in [6, 6.07) is 16.7. The van der Waals surface area contributed by atoms with Gasteiger partial charge < -0.3 is 26.0 Å². The maximum absolute atomic E-state index is 11.4. The number of rotatable bonds is 10. The van der Waals surface area contributed by atoms with Gasteiger partial charge >= 0.3 is 5.97 Å². The number of hydrogen-bond donors (Lipinski definition) is 4. The Morgan fingerprint density at radius 3 is 2.32 bits per heavy atom. The first-order chi connectivity index (χ1) is 15.3. The molecule has 0 bridgehead atoms. The molecule has 5 N–H and O–H groups in total. The lowest BCUT2D eigenvalue weighted by atomic mass is 10.0. The summed E-state index contributed by atoms with van der Waals surface area (Å²) in [7, 11) is 0. The molecule has 0 aliphatic rings. The van der Waals surface area contributed by atoms with Gasteiger partial charge in [0.25, 0.3) is 0 Å². The molecule has 0 spiro atoms. The molecule has 0 radical (unpaired) electrons. The summed E-state index contributed by atoms with van der Waals surface area (Å²) in [5.41, 5.74) is 9.49. The van der Waals surface area contributed by atoms with Crippen molar-refractivity contribution < 1.29 is 19.7 Å². The molecule has 1 atom stereocenters. The van der Waals surface area contributed by atoms with E-state index >= 15 is 0 Å². The number of pyridine rings is 1. The fourth-order valence-electron chi connectivity index (χ4n) is 3.30. The summed E-state index contributed by atoms with van der Waals surface area (Å²) >= 11 is 0. The molecule has 2 aromatic carbocycles. The van der Waals surface area contributed by atoms with E-state index in [2.05, 4.69) is 10.3 Å². The van der Waals surface area contributed by atoms with Crippen LogP contribution in [0.2, 0.25) is 0 Å². The normalized spacial score (nSPS) is 11.3. The van der Waals surface area contributed by atoms with Gasteiger partial charge in [-0.15, -0.1) is 24.8 Å². The van der Waals surface area contributed by atoms with Crippen LogP contribution in [0.1, 0.15) is 41.4 Å². The van der Waals surface area contributed by atoms with Crippen LogP contribution in [-0.2, 0) is 6.42 Å². The summed E-state index contributed by atoms with van der Waals surface area (Å²) in [6.45, 7) is 4.89. The summed E-state index contributed by atoms with van der Waals surface area (Å²) in [5.74, 6) is -0.209. The Bertz CT molecular complexity index is 1050. The van der Waals surface area contributed by atoms with E-state index in [4.69, 9.17) is 10.5 Å². The third kappa shape index (κ3) is 8.18. The van der Waals surface area contributed by atoms with E-state index in [9.17, 15) is 15.0 Å². The molecular formula is C25H31Cl2N3O4. The summed E-state index contributed by atoms with van der Waals surface area (Å²) < 4.78 is 5.70. The van der Waals surface area contributed by atoms with Gasteiger partial charge in [-0.1, -0.05) is 36.4 Å². The van der Waals surface area contributed by atoms with Crippen molar-refractivity contribution in [1.29, 1.82) is 0 Å². The molecule has 0 amide bonds. The SMILES string of the molecule is CC(C)Oc1cc(-c2ccc(CCNC[C@H](O)c3ccc(N)nc3)cc2)ccc1C(=O)O.Cl.Cl. The number of nitrogens with one attached hydrogen (secondary N) is 1. The average molecular weight is 508 g/mol. The Labute approximate surface area is 212 Å². The van der Waals surface area contributed by atoms with Gasteiger partial charge in [0, 0.05) is 18.3 Å². The predicted octanol–water partition coefficient (Wildman–Crippen LogP) is 4.53. The van der Waals surface area contributed by atoms with E-state index in [0.717, 1.165) is 35.2 Å². The summed E-state index contributed by atoms with van der Waals surface area (Å²) in [4.78, 5) is 15.4. The van der Waals surface area contributed by atoms with Crippen LogP contribution in [0.25, 0.3) is 11.1 Å². The number of carboxylic acids is 1. The molecule has 1 aromatic heterocycles.